The van der Waals surface area contributed by atoms with Crippen molar-refractivity contribution in [3.05, 3.63) is 47.7 Å². The predicted octanol–water partition coefficient (Wildman–Crippen LogP) is 2.59. The molecule has 1 N–H and O–H groups in total. The molecule has 0 fully saturated rings. The smallest absolute Gasteiger partial charge is 0.134 e. The molecule has 0 radical (unpaired) electrons. The van der Waals surface area contributed by atoms with Gasteiger partial charge in [0.15, 0.2) is 0 Å². The van der Waals surface area contributed by atoms with E-state index in [0.717, 1.165) is 36.6 Å². The summed E-state index contributed by atoms with van der Waals surface area (Å²) in [6.07, 6.45) is 1.08. The highest BCUT2D eigenvalue weighted by atomic mass is 16.3. The highest BCUT2D eigenvalue weighted by Gasteiger charge is 2.14. The molecule has 1 aromatic heterocycles. The maximum Gasteiger partial charge on any atom is 0.134 e. The van der Waals surface area contributed by atoms with Gasteiger partial charge >= 0.3 is 0 Å². The van der Waals surface area contributed by atoms with E-state index in [2.05, 4.69) is 23.5 Å². The monoisotopic (exact) mass is 199 g/mol. The fourth-order valence-corrected chi connectivity index (χ4v) is 2.00. The van der Waals surface area contributed by atoms with E-state index in [1.807, 2.05) is 18.2 Å². The van der Waals surface area contributed by atoms with Gasteiger partial charge in [0.05, 0.1) is 6.54 Å². The SMILES string of the molecule is c1ccc(-c2cc3c(o2)CNCC3)cc1. The van der Waals surface area contributed by atoms with Gasteiger partial charge < -0.3 is 9.73 Å². The van der Waals surface area contributed by atoms with Crippen LogP contribution in [0.15, 0.2) is 40.8 Å². The zero-order valence-electron chi connectivity index (χ0n) is 8.49. The summed E-state index contributed by atoms with van der Waals surface area (Å²) in [7, 11) is 0. The molecule has 1 aromatic carbocycles. The molecule has 0 saturated heterocycles. The lowest BCUT2D eigenvalue weighted by atomic mass is 10.1. The van der Waals surface area contributed by atoms with Crippen molar-refractivity contribution in [3.63, 3.8) is 0 Å². The van der Waals surface area contributed by atoms with E-state index in [4.69, 9.17) is 4.42 Å². The average Bonchev–Trinajstić information content (AvgIpc) is 2.74. The Kier molecular flexibility index (Phi) is 2.07. The van der Waals surface area contributed by atoms with Crippen LogP contribution in [0.5, 0.6) is 0 Å². The van der Waals surface area contributed by atoms with Crippen LogP contribution in [0.2, 0.25) is 0 Å². The minimum atomic E-state index is 0.863. The molecule has 2 heterocycles. The highest BCUT2D eigenvalue weighted by Crippen LogP contribution is 2.27. The van der Waals surface area contributed by atoms with Crippen molar-refractivity contribution in [3.8, 4) is 11.3 Å². The zero-order chi connectivity index (χ0) is 10.1. The molecule has 0 unspecified atom stereocenters. The molecule has 0 atom stereocenters. The van der Waals surface area contributed by atoms with E-state index < -0.39 is 0 Å². The normalized spacial score (nSPS) is 14.9. The highest BCUT2D eigenvalue weighted by molar-refractivity contribution is 5.58. The third kappa shape index (κ3) is 1.57. The van der Waals surface area contributed by atoms with Gasteiger partial charge in [0.2, 0.25) is 0 Å². The molecule has 1 aliphatic rings. The Bertz CT molecular complexity index is 435. The summed E-state index contributed by atoms with van der Waals surface area (Å²) in [5, 5.41) is 3.31. The van der Waals surface area contributed by atoms with Crippen LogP contribution in [0.4, 0.5) is 0 Å². The van der Waals surface area contributed by atoms with Crippen molar-refractivity contribution >= 4 is 0 Å². The molecule has 1 aliphatic heterocycles. The number of nitrogens with one attached hydrogen (secondary N) is 1. The lowest BCUT2D eigenvalue weighted by molar-refractivity contribution is 0.472. The van der Waals surface area contributed by atoms with Gasteiger partial charge in [-0.2, -0.15) is 0 Å². The fourth-order valence-electron chi connectivity index (χ4n) is 2.00. The molecule has 0 spiro atoms. The van der Waals surface area contributed by atoms with E-state index in [1.165, 1.54) is 5.56 Å². The minimum Gasteiger partial charge on any atom is -0.459 e. The van der Waals surface area contributed by atoms with Gasteiger partial charge in [-0.25, -0.2) is 0 Å². The van der Waals surface area contributed by atoms with Gasteiger partial charge in [-0.15, -0.1) is 0 Å². The summed E-state index contributed by atoms with van der Waals surface area (Å²) < 4.78 is 5.83. The summed E-state index contributed by atoms with van der Waals surface area (Å²) in [6.45, 7) is 1.92. The Morgan fingerprint density at radius 2 is 2.00 bits per heavy atom. The molecule has 76 valence electrons. The van der Waals surface area contributed by atoms with E-state index >= 15 is 0 Å². The maximum atomic E-state index is 5.83. The lowest BCUT2D eigenvalue weighted by Crippen LogP contribution is -2.22. The molecule has 0 saturated carbocycles. The minimum absolute atomic E-state index is 0.863. The Morgan fingerprint density at radius 1 is 1.13 bits per heavy atom. The first-order valence-electron chi connectivity index (χ1n) is 5.31. The van der Waals surface area contributed by atoms with E-state index in [1.54, 1.807) is 0 Å². The Morgan fingerprint density at radius 3 is 2.80 bits per heavy atom. The van der Waals surface area contributed by atoms with Crippen LogP contribution in [-0.2, 0) is 13.0 Å². The number of furan rings is 1. The second-order valence-electron chi connectivity index (χ2n) is 3.85. The quantitative estimate of drug-likeness (QED) is 0.763. The third-order valence-electron chi connectivity index (χ3n) is 2.81. The molecule has 0 aliphatic carbocycles. The van der Waals surface area contributed by atoms with Crippen LogP contribution >= 0.6 is 0 Å². The third-order valence-corrected chi connectivity index (χ3v) is 2.81. The van der Waals surface area contributed by atoms with Gasteiger partial charge in [-0.05, 0) is 24.6 Å². The van der Waals surface area contributed by atoms with Gasteiger partial charge in [-0.1, -0.05) is 30.3 Å². The first-order valence-corrected chi connectivity index (χ1v) is 5.31. The lowest BCUT2D eigenvalue weighted by Gasteiger charge is -2.09. The van der Waals surface area contributed by atoms with Crippen LogP contribution in [-0.4, -0.2) is 6.54 Å². The number of hydrogen-bond donors (Lipinski definition) is 1. The molecule has 0 bridgehead atoms. The molecular formula is C13H13NO. The first kappa shape index (κ1) is 8.74. The van der Waals surface area contributed by atoms with Crippen LogP contribution in [0.3, 0.4) is 0 Å². The molecule has 2 heteroatoms. The summed E-state index contributed by atoms with van der Waals surface area (Å²) >= 11 is 0. The second-order valence-corrected chi connectivity index (χ2v) is 3.85. The van der Waals surface area contributed by atoms with E-state index in [0.29, 0.717) is 0 Å². The van der Waals surface area contributed by atoms with Crippen LogP contribution in [0, 0.1) is 0 Å². The zero-order valence-corrected chi connectivity index (χ0v) is 8.49. The van der Waals surface area contributed by atoms with Crippen molar-refractivity contribution in [1.82, 2.24) is 5.32 Å². The van der Waals surface area contributed by atoms with Crippen LogP contribution in [0.1, 0.15) is 11.3 Å². The van der Waals surface area contributed by atoms with E-state index in [-0.39, 0.29) is 0 Å². The Hall–Kier alpha value is -1.54. The topological polar surface area (TPSA) is 25.2 Å². The van der Waals surface area contributed by atoms with Gasteiger partial charge in [-0.3, -0.25) is 0 Å². The first-order chi connectivity index (χ1) is 7.43. The molecule has 2 nitrogen and oxygen atoms in total. The molecular weight excluding hydrogens is 186 g/mol. The largest absolute Gasteiger partial charge is 0.459 e. The van der Waals surface area contributed by atoms with Crippen molar-refractivity contribution in [2.24, 2.45) is 0 Å². The predicted molar refractivity (Wildman–Crippen MR) is 59.6 cm³/mol. The standard InChI is InChI=1S/C13H13NO/c1-2-4-10(5-3-1)12-8-11-6-7-14-9-13(11)15-12/h1-5,8,14H,6-7,9H2. The summed E-state index contributed by atoms with van der Waals surface area (Å²) in [5.41, 5.74) is 2.51. The number of benzene rings is 1. The molecule has 0 amide bonds. The maximum absolute atomic E-state index is 5.83. The molecule has 3 rings (SSSR count). The van der Waals surface area contributed by atoms with Gasteiger partial charge in [0.1, 0.15) is 11.5 Å². The van der Waals surface area contributed by atoms with Crippen molar-refractivity contribution in [2.75, 3.05) is 6.54 Å². The summed E-state index contributed by atoms with van der Waals surface area (Å²) in [4.78, 5) is 0. The Balaban J connectivity index is 2.03. The number of hydrogen-bond acceptors (Lipinski definition) is 2. The van der Waals surface area contributed by atoms with Gasteiger partial charge in [0, 0.05) is 5.56 Å². The van der Waals surface area contributed by atoms with E-state index in [9.17, 15) is 0 Å². The molecule has 2 aromatic rings. The number of fused-ring (bicyclic) bond motifs is 1. The summed E-state index contributed by atoms with van der Waals surface area (Å²) in [6, 6.07) is 12.4. The van der Waals surface area contributed by atoms with Crippen LogP contribution < -0.4 is 5.32 Å². The van der Waals surface area contributed by atoms with Crippen molar-refractivity contribution in [1.29, 1.82) is 0 Å². The van der Waals surface area contributed by atoms with Crippen molar-refractivity contribution < 1.29 is 4.42 Å². The second kappa shape index (κ2) is 3.55. The number of rotatable bonds is 1. The van der Waals surface area contributed by atoms with Gasteiger partial charge in [0.25, 0.3) is 0 Å². The fraction of sp³-hybridized carbons (Fsp3) is 0.231. The summed E-state index contributed by atoms with van der Waals surface area (Å²) in [5.74, 6) is 2.09. The Labute approximate surface area is 88.9 Å². The van der Waals surface area contributed by atoms with Crippen molar-refractivity contribution in [2.45, 2.75) is 13.0 Å². The average molecular weight is 199 g/mol. The molecule has 15 heavy (non-hydrogen) atoms. The van der Waals surface area contributed by atoms with Crippen LogP contribution in [0.25, 0.3) is 11.3 Å².